The van der Waals surface area contributed by atoms with Gasteiger partial charge in [-0.25, -0.2) is 4.98 Å². The number of rotatable bonds is 4. The molecule has 0 saturated heterocycles. The quantitative estimate of drug-likeness (QED) is 0.880. The highest BCUT2D eigenvalue weighted by Gasteiger charge is 2.11. The van der Waals surface area contributed by atoms with Crippen molar-refractivity contribution in [2.75, 3.05) is 7.05 Å². The summed E-state index contributed by atoms with van der Waals surface area (Å²) in [5.74, 6) is 0. The fourth-order valence-electron chi connectivity index (χ4n) is 1.67. The molecule has 0 unspecified atom stereocenters. The van der Waals surface area contributed by atoms with Crippen molar-refractivity contribution in [1.82, 2.24) is 20.1 Å². The normalized spacial score (nSPS) is 10.9. The summed E-state index contributed by atoms with van der Waals surface area (Å²) in [7, 11) is 3.88. The minimum Gasteiger partial charge on any atom is -0.314 e. The van der Waals surface area contributed by atoms with Gasteiger partial charge in [0.15, 0.2) is 0 Å². The zero-order chi connectivity index (χ0) is 11.5. The Balaban J connectivity index is 2.34. The predicted octanol–water partition coefficient (Wildman–Crippen LogP) is 1.83. The van der Waals surface area contributed by atoms with Crippen LogP contribution in [-0.2, 0) is 20.0 Å². The standard InChI is InChI=1S/C11H16N4S/c1-4-10-9(6-15(3)14-10)11-13-8(5-12-2)7-16-11/h6-7,12H,4-5H2,1-3H3. The number of hydrogen-bond acceptors (Lipinski definition) is 4. The first-order valence-corrected chi connectivity index (χ1v) is 6.24. The minimum absolute atomic E-state index is 0.818. The maximum Gasteiger partial charge on any atom is 0.127 e. The average Bonchev–Trinajstić information content (AvgIpc) is 2.85. The van der Waals surface area contributed by atoms with E-state index in [1.165, 1.54) is 0 Å². The summed E-state index contributed by atoms with van der Waals surface area (Å²) < 4.78 is 1.85. The van der Waals surface area contributed by atoms with Crippen molar-refractivity contribution in [3.63, 3.8) is 0 Å². The number of hydrogen-bond donors (Lipinski definition) is 1. The van der Waals surface area contributed by atoms with E-state index in [1.54, 1.807) is 11.3 Å². The van der Waals surface area contributed by atoms with Crippen LogP contribution in [-0.4, -0.2) is 21.8 Å². The summed E-state index contributed by atoms with van der Waals surface area (Å²) in [6.07, 6.45) is 2.98. The first kappa shape index (κ1) is 11.3. The third-order valence-corrected chi connectivity index (χ3v) is 3.30. The number of aromatic nitrogens is 3. The molecule has 0 amide bonds. The second kappa shape index (κ2) is 4.76. The first-order chi connectivity index (χ1) is 7.74. The molecular weight excluding hydrogens is 220 g/mol. The van der Waals surface area contributed by atoms with E-state index >= 15 is 0 Å². The van der Waals surface area contributed by atoms with E-state index in [2.05, 4.69) is 27.7 Å². The zero-order valence-electron chi connectivity index (χ0n) is 9.82. The molecule has 2 aromatic heterocycles. The van der Waals surface area contributed by atoms with Gasteiger partial charge in [-0.3, -0.25) is 4.68 Å². The fourth-order valence-corrected chi connectivity index (χ4v) is 2.52. The third-order valence-electron chi connectivity index (χ3n) is 2.38. The fraction of sp³-hybridized carbons (Fsp3) is 0.455. The third kappa shape index (κ3) is 2.15. The average molecular weight is 236 g/mol. The van der Waals surface area contributed by atoms with E-state index < -0.39 is 0 Å². The molecule has 0 aliphatic carbocycles. The van der Waals surface area contributed by atoms with Gasteiger partial charge in [0.1, 0.15) is 5.01 Å². The molecule has 0 fully saturated rings. The Labute approximate surface area is 99.3 Å². The molecule has 0 aromatic carbocycles. The van der Waals surface area contributed by atoms with Crippen molar-refractivity contribution in [2.24, 2.45) is 7.05 Å². The predicted molar refractivity (Wildman–Crippen MR) is 66.5 cm³/mol. The first-order valence-electron chi connectivity index (χ1n) is 5.36. The van der Waals surface area contributed by atoms with Gasteiger partial charge in [-0.15, -0.1) is 11.3 Å². The SMILES string of the molecule is CCc1nn(C)cc1-c1nc(CNC)cs1. The highest BCUT2D eigenvalue weighted by Crippen LogP contribution is 2.26. The van der Waals surface area contributed by atoms with Crippen molar-refractivity contribution in [3.05, 3.63) is 23.0 Å². The van der Waals surface area contributed by atoms with Gasteiger partial charge in [-0.2, -0.15) is 5.10 Å². The molecule has 0 atom stereocenters. The topological polar surface area (TPSA) is 42.7 Å². The smallest absolute Gasteiger partial charge is 0.127 e. The minimum atomic E-state index is 0.818. The lowest BCUT2D eigenvalue weighted by Gasteiger charge is -1.94. The van der Waals surface area contributed by atoms with E-state index in [1.807, 2.05) is 25.0 Å². The summed E-state index contributed by atoms with van der Waals surface area (Å²) in [6, 6.07) is 0. The van der Waals surface area contributed by atoms with E-state index in [-0.39, 0.29) is 0 Å². The van der Waals surface area contributed by atoms with E-state index in [0.717, 1.165) is 34.9 Å². The monoisotopic (exact) mass is 236 g/mol. The van der Waals surface area contributed by atoms with Crippen LogP contribution < -0.4 is 5.32 Å². The van der Waals surface area contributed by atoms with Crippen molar-refractivity contribution in [1.29, 1.82) is 0 Å². The molecule has 0 saturated carbocycles. The molecule has 5 heteroatoms. The number of aryl methyl sites for hydroxylation is 2. The summed E-state index contributed by atoms with van der Waals surface area (Å²) >= 11 is 1.68. The number of thiazole rings is 1. The molecule has 2 rings (SSSR count). The summed E-state index contributed by atoms with van der Waals surface area (Å²) in [6.45, 7) is 2.94. The molecular formula is C11H16N4S. The van der Waals surface area contributed by atoms with Crippen LogP contribution in [0.1, 0.15) is 18.3 Å². The van der Waals surface area contributed by atoms with Crippen LogP contribution in [0.5, 0.6) is 0 Å². The zero-order valence-corrected chi connectivity index (χ0v) is 10.6. The van der Waals surface area contributed by atoms with Gasteiger partial charge in [-0.1, -0.05) is 6.92 Å². The van der Waals surface area contributed by atoms with E-state index in [9.17, 15) is 0 Å². The molecule has 0 radical (unpaired) electrons. The van der Waals surface area contributed by atoms with Crippen molar-refractivity contribution < 1.29 is 0 Å². The maximum absolute atomic E-state index is 4.59. The lowest BCUT2D eigenvalue weighted by molar-refractivity contribution is 0.746. The largest absolute Gasteiger partial charge is 0.314 e. The lowest BCUT2D eigenvalue weighted by atomic mass is 10.2. The van der Waals surface area contributed by atoms with E-state index in [0.29, 0.717) is 0 Å². The number of nitrogens with one attached hydrogen (secondary N) is 1. The molecule has 1 N–H and O–H groups in total. The molecule has 0 bridgehead atoms. The van der Waals surface area contributed by atoms with Gasteiger partial charge < -0.3 is 5.32 Å². The van der Waals surface area contributed by atoms with Gasteiger partial charge >= 0.3 is 0 Å². The van der Waals surface area contributed by atoms with Gasteiger partial charge in [0.05, 0.1) is 17.0 Å². The Hall–Kier alpha value is -1.20. The number of nitrogens with zero attached hydrogens (tertiary/aromatic N) is 3. The second-order valence-corrected chi connectivity index (χ2v) is 4.55. The van der Waals surface area contributed by atoms with Crippen LogP contribution in [0.15, 0.2) is 11.6 Å². The van der Waals surface area contributed by atoms with Gasteiger partial charge in [0.2, 0.25) is 0 Å². The van der Waals surface area contributed by atoms with Crippen molar-refractivity contribution >= 4 is 11.3 Å². The Kier molecular flexibility index (Phi) is 3.36. The Morgan fingerprint density at radius 2 is 2.31 bits per heavy atom. The molecule has 0 aliphatic rings. The Bertz CT molecular complexity index is 472. The summed E-state index contributed by atoms with van der Waals surface area (Å²) in [5, 5.41) is 10.7. The van der Waals surface area contributed by atoms with Crippen molar-refractivity contribution in [3.8, 4) is 10.6 Å². The van der Waals surface area contributed by atoms with Crippen LogP contribution >= 0.6 is 11.3 Å². The van der Waals surface area contributed by atoms with Crippen LogP contribution in [0.2, 0.25) is 0 Å². The van der Waals surface area contributed by atoms with Crippen LogP contribution in [0.25, 0.3) is 10.6 Å². The van der Waals surface area contributed by atoms with Crippen LogP contribution in [0.3, 0.4) is 0 Å². The molecule has 16 heavy (non-hydrogen) atoms. The Morgan fingerprint density at radius 3 is 3.00 bits per heavy atom. The molecule has 0 aliphatic heterocycles. The van der Waals surface area contributed by atoms with E-state index in [4.69, 9.17) is 0 Å². The molecule has 86 valence electrons. The molecule has 0 spiro atoms. The summed E-state index contributed by atoms with van der Waals surface area (Å²) in [4.78, 5) is 4.59. The highest BCUT2D eigenvalue weighted by molar-refractivity contribution is 7.13. The maximum atomic E-state index is 4.59. The van der Waals surface area contributed by atoms with Crippen molar-refractivity contribution in [2.45, 2.75) is 19.9 Å². The Morgan fingerprint density at radius 1 is 1.50 bits per heavy atom. The lowest BCUT2D eigenvalue weighted by Crippen LogP contribution is -2.04. The van der Waals surface area contributed by atoms with Gasteiger partial charge in [0, 0.05) is 25.2 Å². The highest BCUT2D eigenvalue weighted by atomic mass is 32.1. The molecule has 2 aromatic rings. The summed E-state index contributed by atoms with van der Waals surface area (Å²) in [5.41, 5.74) is 3.37. The molecule has 4 nitrogen and oxygen atoms in total. The second-order valence-electron chi connectivity index (χ2n) is 3.69. The molecule has 2 heterocycles. The van der Waals surface area contributed by atoms with Gasteiger partial charge in [0.25, 0.3) is 0 Å². The van der Waals surface area contributed by atoms with Crippen LogP contribution in [0.4, 0.5) is 0 Å². The van der Waals surface area contributed by atoms with Crippen LogP contribution in [0, 0.1) is 0 Å². The van der Waals surface area contributed by atoms with Gasteiger partial charge in [-0.05, 0) is 13.5 Å².